The number of para-hydroxylation sites is 1. The van der Waals surface area contributed by atoms with E-state index in [4.69, 9.17) is 15.0 Å². The van der Waals surface area contributed by atoms with Crippen molar-refractivity contribution >= 4 is 33.3 Å². The number of nitrogens with zero attached hydrogens (tertiary/aromatic N) is 4. The first-order valence-corrected chi connectivity index (χ1v) is 21.5. The van der Waals surface area contributed by atoms with E-state index in [0.29, 0.717) is 5.84 Å². The summed E-state index contributed by atoms with van der Waals surface area (Å²) >= 11 is 0. The van der Waals surface area contributed by atoms with E-state index in [1.165, 1.54) is 44.5 Å². The van der Waals surface area contributed by atoms with E-state index < -0.39 is 5.41 Å². The van der Waals surface area contributed by atoms with Gasteiger partial charge >= 0.3 is 0 Å². The fourth-order valence-corrected chi connectivity index (χ4v) is 10.6. The predicted molar refractivity (Wildman–Crippen MR) is 256 cm³/mol. The molecule has 10 aromatic rings. The third-order valence-electron chi connectivity index (χ3n) is 13.2. The monoisotopic (exact) mass is 803 g/mol. The summed E-state index contributed by atoms with van der Waals surface area (Å²) < 4.78 is 0. The zero-order valence-corrected chi connectivity index (χ0v) is 34.1. The van der Waals surface area contributed by atoms with Crippen LogP contribution in [0, 0.1) is 0 Å². The van der Waals surface area contributed by atoms with Gasteiger partial charge in [-0.25, -0.2) is 15.0 Å². The van der Waals surface area contributed by atoms with Crippen LogP contribution in [0.25, 0.3) is 66.3 Å². The normalized spacial score (nSPS) is 15.3. The first-order chi connectivity index (χ1) is 31.2. The zero-order chi connectivity index (χ0) is 41.5. The van der Waals surface area contributed by atoms with Gasteiger partial charge in [-0.05, 0) is 96.9 Å². The Morgan fingerprint density at radius 1 is 0.444 bits per heavy atom. The Bertz CT molecular complexity index is 3510. The number of aliphatic imine (C=N–C) groups is 2. The van der Waals surface area contributed by atoms with Gasteiger partial charge in [0.1, 0.15) is 12.0 Å². The Balaban J connectivity index is 1.10. The van der Waals surface area contributed by atoms with Crippen LogP contribution in [-0.2, 0) is 5.41 Å². The average Bonchev–Trinajstić information content (AvgIpc) is 3.84. The summed E-state index contributed by atoms with van der Waals surface area (Å²) in [7, 11) is 0. The number of pyridine rings is 2. The van der Waals surface area contributed by atoms with Gasteiger partial charge in [-0.1, -0.05) is 170 Å². The molecule has 3 aliphatic rings. The second kappa shape index (κ2) is 13.9. The number of rotatable bonds is 5. The summed E-state index contributed by atoms with van der Waals surface area (Å²) in [6.45, 7) is 0. The third-order valence-corrected chi connectivity index (χ3v) is 13.2. The SMILES string of the molecule is c1ccc(C2=NC(c3cc(-c4cccc5c4-c4ccccc4C54c5ccccc5-c5ccccc54)cc(-c4nc5ccccc5c5ccncc45)c3)=NC(c3ccccc3)N2)cc1. The van der Waals surface area contributed by atoms with Gasteiger partial charge < -0.3 is 5.32 Å². The van der Waals surface area contributed by atoms with Crippen LogP contribution in [0.3, 0.4) is 0 Å². The number of aromatic nitrogens is 2. The molecule has 13 rings (SSSR count). The number of hydrogen-bond acceptors (Lipinski definition) is 5. The van der Waals surface area contributed by atoms with Crippen LogP contribution < -0.4 is 5.32 Å². The van der Waals surface area contributed by atoms with E-state index in [-0.39, 0.29) is 6.17 Å². The van der Waals surface area contributed by atoms with E-state index >= 15 is 0 Å². The van der Waals surface area contributed by atoms with E-state index in [9.17, 15) is 0 Å². The molecule has 0 saturated heterocycles. The lowest BCUT2D eigenvalue weighted by atomic mass is 9.70. The van der Waals surface area contributed by atoms with Crippen molar-refractivity contribution < 1.29 is 0 Å². The Kier molecular flexibility index (Phi) is 7.81. The Hall–Kier alpha value is -8.28. The molecule has 3 heterocycles. The lowest BCUT2D eigenvalue weighted by Gasteiger charge is -2.30. The first-order valence-electron chi connectivity index (χ1n) is 21.5. The molecule has 0 radical (unpaired) electrons. The van der Waals surface area contributed by atoms with Gasteiger partial charge in [0.25, 0.3) is 0 Å². The van der Waals surface area contributed by atoms with Gasteiger partial charge in [0.2, 0.25) is 0 Å². The number of fused-ring (bicyclic) bond motifs is 13. The molecule has 1 spiro atoms. The molecule has 1 atom stereocenters. The summed E-state index contributed by atoms with van der Waals surface area (Å²) in [6, 6.07) is 71.8. The molecule has 0 fully saturated rings. The van der Waals surface area contributed by atoms with Crippen LogP contribution in [0.5, 0.6) is 0 Å². The summed E-state index contributed by atoms with van der Waals surface area (Å²) in [5.74, 6) is 1.42. The molecule has 1 unspecified atom stereocenters. The van der Waals surface area contributed by atoms with Gasteiger partial charge in [-0.2, -0.15) is 0 Å². The average molecular weight is 804 g/mol. The second-order valence-corrected chi connectivity index (χ2v) is 16.5. The lowest BCUT2D eigenvalue weighted by Crippen LogP contribution is -2.33. The standard InChI is InChI=1S/C58H37N5/c1-3-16-36(17-4-1)55-61-56(37-18-5-2-6-19-37)63-57(62-55)40-33-38(32-39(34-40)54-47-35-59-31-30-42(47)45-22-10-14-29-52(45)60-54)41-24-15-28-51-53(41)46-23-9-13-27-50(46)58(51)48-25-11-7-20-43(48)44-21-8-12-26-49(44)58/h1-35,55H,(H,61,62,63). The van der Waals surface area contributed by atoms with Crippen molar-refractivity contribution in [1.29, 1.82) is 0 Å². The van der Waals surface area contributed by atoms with Gasteiger partial charge in [0, 0.05) is 39.9 Å². The molecular weight excluding hydrogens is 767 g/mol. The predicted octanol–water partition coefficient (Wildman–Crippen LogP) is 13.0. The van der Waals surface area contributed by atoms with Crippen molar-refractivity contribution in [1.82, 2.24) is 15.3 Å². The number of hydrogen-bond donors (Lipinski definition) is 1. The highest BCUT2D eigenvalue weighted by atomic mass is 15.2. The summed E-state index contributed by atoms with van der Waals surface area (Å²) in [5, 5.41) is 6.85. The smallest absolute Gasteiger partial charge is 0.159 e. The van der Waals surface area contributed by atoms with Crippen molar-refractivity contribution in [3.63, 3.8) is 0 Å². The Morgan fingerprint density at radius 2 is 1.05 bits per heavy atom. The molecule has 2 aromatic heterocycles. The lowest BCUT2D eigenvalue weighted by molar-refractivity contribution is 0.674. The van der Waals surface area contributed by atoms with Crippen LogP contribution in [0.15, 0.2) is 223 Å². The molecule has 1 N–H and O–H groups in total. The molecule has 0 bridgehead atoms. The number of amidine groups is 2. The van der Waals surface area contributed by atoms with E-state index in [0.717, 1.165) is 66.6 Å². The van der Waals surface area contributed by atoms with Crippen molar-refractivity contribution in [3.05, 3.63) is 252 Å². The Morgan fingerprint density at radius 3 is 1.83 bits per heavy atom. The van der Waals surface area contributed by atoms with Crippen LogP contribution in [-0.4, -0.2) is 21.6 Å². The highest BCUT2D eigenvalue weighted by Crippen LogP contribution is 2.64. The minimum Gasteiger partial charge on any atom is -0.344 e. The molecular formula is C58H37N5. The van der Waals surface area contributed by atoms with Crippen molar-refractivity contribution in [2.24, 2.45) is 9.98 Å². The largest absolute Gasteiger partial charge is 0.344 e. The molecule has 0 amide bonds. The van der Waals surface area contributed by atoms with Gasteiger partial charge in [-0.3, -0.25) is 4.98 Å². The molecule has 63 heavy (non-hydrogen) atoms. The molecule has 2 aliphatic carbocycles. The van der Waals surface area contributed by atoms with Gasteiger partial charge in [0.15, 0.2) is 5.84 Å². The van der Waals surface area contributed by atoms with Gasteiger partial charge in [-0.15, -0.1) is 0 Å². The highest BCUT2D eigenvalue weighted by Gasteiger charge is 2.52. The highest BCUT2D eigenvalue weighted by molar-refractivity contribution is 6.15. The second-order valence-electron chi connectivity index (χ2n) is 16.5. The Labute approximate surface area is 364 Å². The van der Waals surface area contributed by atoms with Gasteiger partial charge in [0.05, 0.1) is 16.6 Å². The molecule has 5 nitrogen and oxygen atoms in total. The summed E-state index contributed by atoms with van der Waals surface area (Å²) in [4.78, 5) is 20.8. The minimum atomic E-state index is -0.464. The molecule has 5 heteroatoms. The molecule has 8 aromatic carbocycles. The number of benzene rings is 8. The summed E-state index contributed by atoms with van der Waals surface area (Å²) in [6.07, 6.45) is 3.47. The topological polar surface area (TPSA) is 62.5 Å². The molecule has 294 valence electrons. The maximum atomic E-state index is 5.41. The van der Waals surface area contributed by atoms with Crippen LogP contribution in [0.1, 0.15) is 45.1 Å². The first kappa shape index (κ1) is 35.5. The zero-order valence-electron chi connectivity index (χ0n) is 34.1. The van der Waals surface area contributed by atoms with Crippen LogP contribution in [0.2, 0.25) is 0 Å². The molecule has 0 saturated carbocycles. The van der Waals surface area contributed by atoms with E-state index in [1.807, 2.05) is 36.7 Å². The third kappa shape index (κ3) is 5.30. The fraction of sp³-hybridized carbons (Fsp3) is 0.0345. The number of nitrogens with one attached hydrogen (secondary N) is 1. The van der Waals surface area contributed by atoms with Crippen molar-refractivity contribution in [2.45, 2.75) is 11.6 Å². The maximum Gasteiger partial charge on any atom is 0.159 e. The quantitative estimate of drug-likeness (QED) is 0.176. The molecule has 1 aliphatic heterocycles. The maximum absolute atomic E-state index is 5.41. The van der Waals surface area contributed by atoms with Crippen molar-refractivity contribution in [3.8, 4) is 44.6 Å². The summed E-state index contributed by atoms with van der Waals surface area (Å²) in [5.41, 5.74) is 17.8. The van der Waals surface area contributed by atoms with E-state index in [1.54, 1.807) is 0 Å². The van der Waals surface area contributed by atoms with Crippen LogP contribution in [0.4, 0.5) is 0 Å². The minimum absolute atomic E-state index is 0.347. The van der Waals surface area contributed by atoms with E-state index in [2.05, 4.69) is 186 Å². The fourth-order valence-electron chi connectivity index (χ4n) is 10.6. The van der Waals surface area contributed by atoms with Crippen molar-refractivity contribution in [2.75, 3.05) is 0 Å². The van der Waals surface area contributed by atoms with Crippen LogP contribution >= 0.6 is 0 Å².